The molecule has 0 atom stereocenters. The quantitative estimate of drug-likeness (QED) is 0.751. The standard InChI is InChI=1S/C13H14N/c14-13-9-5-4-8-12(13)10-11-6-2-1-3-7-11/h1-3,5-9H,4,10,14H2. The Bertz CT molecular complexity index is 360. The maximum atomic E-state index is 5.89. The highest BCUT2D eigenvalue weighted by molar-refractivity contribution is 5.37. The second-order valence-electron chi connectivity index (χ2n) is 3.49. The summed E-state index contributed by atoms with van der Waals surface area (Å²) in [6.07, 6.45) is 8.23. The predicted octanol–water partition coefficient (Wildman–Crippen LogP) is 2.61. The van der Waals surface area contributed by atoms with Crippen LogP contribution in [-0.2, 0) is 6.42 Å². The number of nitrogens with two attached hydrogens (primary N) is 1. The molecule has 1 aromatic rings. The van der Waals surface area contributed by atoms with Gasteiger partial charge in [-0.15, -0.1) is 0 Å². The van der Waals surface area contributed by atoms with E-state index in [0.29, 0.717) is 0 Å². The summed E-state index contributed by atoms with van der Waals surface area (Å²) < 4.78 is 0. The molecule has 0 fully saturated rings. The van der Waals surface area contributed by atoms with Crippen molar-refractivity contribution in [2.24, 2.45) is 5.73 Å². The summed E-state index contributed by atoms with van der Waals surface area (Å²) in [6.45, 7) is 0. The van der Waals surface area contributed by atoms with Crippen LogP contribution < -0.4 is 5.73 Å². The molecule has 2 rings (SSSR count). The molecule has 71 valence electrons. The highest BCUT2D eigenvalue weighted by Crippen LogP contribution is 2.18. The zero-order valence-corrected chi connectivity index (χ0v) is 8.11. The molecule has 1 nitrogen and oxygen atoms in total. The molecule has 0 aromatic heterocycles. The average molecular weight is 184 g/mol. The first-order chi connectivity index (χ1) is 6.86. The van der Waals surface area contributed by atoms with Gasteiger partial charge < -0.3 is 5.73 Å². The van der Waals surface area contributed by atoms with Crippen LogP contribution in [0.3, 0.4) is 0 Å². The molecule has 1 aliphatic rings. The predicted molar refractivity (Wildman–Crippen MR) is 59.4 cm³/mol. The second-order valence-corrected chi connectivity index (χ2v) is 3.49. The Morgan fingerprint density at radius 1 is 1.14 bits per heavy atom. The lowest BCUT2D eigenvalue weighted by atomic mass is 9.96. The zero-order chi connectivity index (χ0) is 9.80. The summed E-state index contributed by atoms with van der Waals surface area (Å²) in [5.74, 6) is 0. The Morgan fingerprint density at radius 2 is 1.93 bits per heavy atom. The van der Waals surface area contributed by atoms with E-state index in [1.54, 1.807) is 0 Å². The molecule has 1 aliphatic carbocycles. The molecule has 0 aliphatic heterocycles. The van der Waals surface area contributed by atoms with Crippen molar-refractivity contribution in [3.8, 4) is 0 Å². The normalized spacial score (nSPS) is 16.0. The minimum atomic E-state index is 0.903. The van der Waals surface area contributed by atoms with Gasteiger partial charge >= 0.3 is 0 Å². The summed E-state index contributed by atoms with van der Waals surface area (Å²) in [5.41, 5.74) is 9.36. The van der Waals surface area contributed by atoms with Crippen LogP contribution in [0.4, 0.5) is 0 Å². The van der Waals surface area contributed by atoms with Crippen LogP contribution in [0.5, 0.6) is 0 Å². The fourth-order valence-corrected chi connectivity index (χ4v) is 1.62. The van der Waals surface area contributed by atoms with Crippen molar-refractivity contribution in [1.29, 1.82) is 0 Å². The lowest BCUT2D eigenvalue weighted by Crippen LogP contribution is -2.06. The van der Waals surface area contributed by atoms with E-state index in [1.807, 2.05) is 12.1 Å². The molecule has 1 heteroatoms. The van der Waals surface area contributed by atoms with Crippen LogP contribution in [-0.4, -0.2) is 0 Å². The van der Waals surface area contributed by atoms with Crippen molar-refractivity contribution in [1.82, 2.24) is 0 Å². The van der Waals surface area contributed by atoms with Crippen LogP contribution >= 0.6 is 0 Å². The van der Waals surface area contributed by atoms with Crippen molar-refractivity contribution in [3.63, 3.8) is 0 Å². The lowest BCUT2D eigenvalue weighted by Gasteiger charge is -2.12. The molecule has 0 spiro atoms. The van der Waals surface area contributed by atoms with Gasteiger partial charge in [0.15, 0.2) is 0 Å². The summed E-state index contributed by atoms with van der Waals surface area (Å²) in [5, 5.41) is 0. The topological polar surface area (TPSA) is 26.0 Å². The Kier molecular flexibility index (Phi) is 2.68. The van der Waals surface area contributed by atoms with Gasteiger partial charge in [-0.25, -0.2) is 0 Å². The average Bonchev–Trinajstić information content (AvgIpc) is 2.23. The van der Waals surface area contributed by atoms with Crippen LogP contribution in [0.25, 0.3) is 0 Å². The maximum absolute atomic E-state index is 5.89. The van der Waals surface area contributed by atoms with Crippen LogP contribution in [0.15, 0.2) is 53.8 Å². The van der Waals surface area contributed by atoms with Crippen LogP contribution in [0.1, 0.15) is 12.0 Å². The SMILES string of the molecule is NC1=C(Cc2ccccc2)[CH]CC=C1. The Hall–Kier alpha value is -1.50. The minimum absolute atomic E-state index is 0.903. The molecule has 14 heavy (non-hydrogen) atoms. The van der Waals surface area contributed by atoms with Crippen molar-refractivity contribution in [3.05, 3.63) is 65.7 Å². The largest absolute Gasteiger partial charge is 0.399 e. The van der Waals surface area contributed by atoms with Crippen LogP contribution in [0.2, 0.25) is 0 Å². The van der Waals surface area contributed by atoms with Gasteiger partial charge in [0.05, 0.1) is 0 Å². The van der Waals surface area contributed by atoms with E-state index < -0.39 is 0 Å². The zero-order valence-electron chi connectivity index (χ0n) is 8.11. The molecule has 0 amide bonds. The monoisotopic (exact) mass is 184 g/mol. The van der Waals surface area contributed by atoms with E-state index in [2.05, 4.69) is 36.8 Å². The fraction of sp³-hybridized carbons (Fsp3) is 0.154. The number of hydrogen-bond donors (Lipinski definition) is 1. The highest BCUT2D eigenvalue weighted by atomic mass is 14.6. The molecular weight excluding hydrogens is 170 g/mol. The van der Waals surface area contributed by atoms with Gasteiger partial charge in [-0.3, -0.25) is 0 Å². The Labute approximate surface area is 84.9 Å². The smallest absolute Gasteiger partial charge is 0.0309 e. The molecular formula is C13H14N. The third-order valence-electron chi connectivity index (χ3n) is 2.41. The number of rotatable bonds is 2. The summed E-state index contributed by atoms with van der Waals surface area (Å²) in [6, 6.07) is 10.4. The lowest BCUT2D eigenvalue weighted by molar-refractivity contribution is 1.04. The van der Waals surface area contributed by atoms with Crippen molar-refractivity contribution < 1.29 is 0 Å². The van der Waals surface area contributed by atoms with Gasteiger partial charge in [-0.1, -0.05) is 36.4 Å². The Balaban J connectivity index is 2.15. The molecule has 0 saturated heterocycles. The molecule has 0 bridgehead atoms. The van der Waals surface area contributed by atoms with Crippen molar-refractivity contribution in [2.75, 3.05) is 0 Å². The molecule has 2 N–H and O–H groups in total. The molecule has 0 unspecified atom stereocenters. The van der Waals surface area contributed by atoms with Crippen LogP contribution in [0, 0.1) is 6.42 Å². The van der Waals surface area contributed by atoms with E-state index in [-0.39, 0.29) is 0 Å². The first kappa shape index (κ1) is 9.07. The number of allylic oxidation sites excluding steroid dienone is 3. The molecule has 1 radical (unpaired) electrons. The Morgan fingerprint density at radius 3 is 2.64 bits per heavy atom. The first-order valence-electron chi connectivity index (χ1n) is 4.88. The van der Waals surface area contributed by atoms with Crippen molar-refractivity contribution >= 4 is 0 Å². The molecule has 0 saturated carbocycles. The third kappa shape index (κ3) is 2.05. The van der Waals surface area contributed by atoms with Gasteiger partial charge in [-0.05, 0) is 36.5 Å². The third-order valence-corrected chi connectivity index (χ3v) is 2.41. The van der Waals surface area contributed by atoms with E-state index in [0.717, 1.165) is 18.5 Å². The number of hydrogen-bond acceptors (Lipinski definition) is 1. The van der Waals surface area contributed by atoms with Gasteiger partial charge in [-0.2, -0.15) is 0 Å². The number of benzene rings is 1. The molecule has 1 aromatic carbocycles. The minimum Gasteiger partial charge on any atom is -0.399 e. The van der Waals surface area contributed by atoms with Gasteiger partial charge in [0.2, 0.25) is 0 Å². The first-order valence-corrected chi connectivity index (χ1v) is 4.88. The summed E-state index contributed by atoms with van der Waals surface area (Å²) in [4.78, 5) is 0. The maximum Gasteiger partial charge on any atom is 0.0309 e. The molecule has 0 heterocycles. The summed E-state index contributed by atoms with van der Waals surface area (Å²) in [7, 11) is 0. The highest BCUT2D eigenvalue weighted by Gasteiger charge is 2.06. The fourth-order valence-electron chi connectivity index (χ4n) is 1.62. The van der Waals surface area contributed by atoms with E-state index in [1.165, 1.54) is 11.1 Å². The van der Waals surface area contributed by atoms with Crippen molar-refractivity contribution in [2.45, 2.75) is 12.8 Å². The van der Waals surface area contributed by atoms with E-state index >= 15 is 0 Å². The van der Waals surface area contributed by atoms with E-state index in [4.69, 9.17) is 5.73 Å². The second kappa shape index (κ2) is 4.14. The van der Waals surface area contributed by atoms with Gasteiger partial charge in [0.25, 0.3) is 0 Å². The van der Waals surface area contributed by atoms with Gasteiger partial charge in [0, 0.05) is 5.70 Å². The van der Waals surface area contributed by atoms with Gasteiger partial charge in [0.1, 0.15) is 0 Å². The van der Waals surface area contributed by atoms with E-state index in [9.17, 15) is 0 Å². The summed E-state index contributed by atoms with van der Waals surface area (Å²) >= 11 is 0.